The summed E-state index contributed by atoms with van der Waals surface area (Å²) in [7, 11) is 0. The van der Waals surface area contributed by atoms with Gasteiger partial charge in [0.25, 0.3) is 0 Å². The van der Waals surface area contributed by atoms with Crippen molar-refractivity contribution in [3.05, 3.63) is 33.3 Å². The van der Waals surface area contributed by atoms with Crippen molar-refractivity contribution in [2.45, 2.75) is 19.8 Å². The van der Waals surface area contributed by atoms with Crippen LogP contribution in [0.5, 0.6) is 0 Å². The van der Waals surface area contributed by atoms with E-state index in [1.54, 1.807) is 18.5 Å². The van der Waals surface area contributed by atoms with E-state index in [2.05, 4.69) is 49.7 Å². The minimum atomic E-state index is 0.316. The van der Waals surface area contributed by atoms with Gasteiger partial charge in [0.1, 0.15) is 4.64 Å². The van der Waals surface area contributed by atoms with Crippen LogP contribution in [0.3, 0.4) is 0 Å². The molecule has 0 saturated heterocycles. The lowest BCUT2D eigenvalue weighted by Gasteiger charge is -2.10. The molecule has 0 aliphatic carbocycles. The molecule has 0 aliphatic rings. The zero-order valence-corrected chi connectivity index (χ0v) is 11.8. The summed E-state index contributed by atoms with van der Waals surface area (Å²) in [5, 5.41) is 0. The molecule has 2 aromatic heterocycles. The number of rotatable bonds is 2. The molecule has 2 heterocycles. The number of hydrogen-bond donors (Lipinski definition) is 1. The van der Waals surface area contributed by atoms with Gasteiger partial charge in [-0.2, -0.15) is 0 Å². The van der Waals surface area contributed by atoms with Gasteiger partial charge < -0.3 is 4.98 Å². The minimum absolute atomic E-state index is 0.316. The predicted octanol–water partition coefficient (Wildman–Crippen LogP) is 3.48. The summed E-state index contributed by atoms with van der Waals surface area (Å²) in [5.74, 6) is 1.46. The maximum absolute atomic E-state index is 5.21. The second-order valence-corrected chi connectivity index (χ2v) is 5.03. The fourth-order valence-corrected chi connectivity index (χ4v) is 2.25. The molecule has 0 unspecified atom stereocenters. The standard InChI is InChI=1S/C11H11BrN4S/c1-6(2)8-7(12)11(17)16-10(15-8)9-13-4-3-5-14-9/h3-6H,1-2H3,(H,15,16,17). The summed E-state index contributed by atoms with van der Waals surface area (Å²) in [5.41, 5.74) is 1.01. The Labute approximate surface area is 113 Å². The van der Waals surface area contributed by atoms with Crippen LogP contribution in [-0.2, 0) is 0 Å². The van der Waals surface area contributed by atoms with Crippen LogP contribution in [0, 0.1) is 4.64 Å². The van der Waals surface area contributed by atoms with Crippen molar-refractivity contribution in [2.75, 3.05) is 0 Å². The monoisotopic (exact) mass is 310 g/mol. The van der Waals surface area contributed by atoms with E-state index in [-0.39, 0.29) is 0 Å². The molecule has 0 saturated carbocycles. The molecule has 0 radical (unpaired) electrons. The van der Waals surface area contributed by atoms with Crippen LogP contribution in [0.15, 0.2) is 22.9 Å². The van der Waals surface area contributed by atoms with E-state index in [0.29, 0.717) is 22.2 Å². The molecule has 2 rings (SSSR count). The molecule has 0 aliphatic heterocycles. The van der Waals surface area contributed by atoms with E-state index < -0.39 is 0 Å². The highest BCUT2D eigenvalue weighted by molar-refractivity contribution is 9.10. The average molecular weight is 311 g/mol. The first-order valence-electron chi connectivity index (χ1n) is 5.16. The van der Waals surface area contributed by atoms with Crippen molar-refractivity contribution in [1.82, 2.24) is 19.9 Å². The fourth-order valence-electron chi connectivity index (χ4n) is 1.40. The Balaban J connectivity index is 2.62. The molecular formula is C11H11BrN4S. The molecule has 0 aromatic carbocycles. The molecule has 0 amide bonds. The van der Waals surface area contributed by atoms with Crippen molar-refractivity contribution >= 4 is 28.1 Å². The summed E-state index contributed by atoms with van der Waals surface area (Å²) in [6.07, 6.45) is 3.36. The van der Waals surface area contributed by atoms with Gasteiger partial charge in [-0.3, -0.25) is 0 Å². The largest absolute Gasteiger partial charge is 0.339 e. The lowest BCUT2D eigenvalue weighted by molar-refractivity contribution is 0.804. The Morgan fingerprint density at radius 3 is 2.53 bits per heavy atom. The maximum atomic E-state index is 5.21. The van der Waals surface area contributed by atoms with E-state index in [1.807, 2.05) is 0 Å². The molecular weight excluding hydrogens is 300 g/mol. The van der Waals surface area contributed by atoms with Crippen molar-refractivity contribution in [1.29, 1.82) is 0 Å². The first kappa shape index (κ1) is 12.3. The zero-order chi connectivity index (χ0) is 12.4. The van der Waals surface area contributed by atoms with Gasteiger partial charge in [-0.15, -0.1) is 0 Å². The predicted molar refractivity (Wildman–Crippen MR) is 72.2 cm³/mol. The number of nitrogens with one attached hydrogen (secondary N) is 1. The van der Waals surface area contributed by atoms with Crippen molar-refractivity contribution in [3.63, 3.8) is 0 Å². The van der Waals surface area contributed by atoms with Gasteiger partial charge in [0.15, 0.2) is 11.6 Å². The first-order valence-corrected chi connectivity index (χ1v) is 6.37. The van der Waals surface area contributed by atoms with Crippen LogP contribution in [-0.4, -0.2) is 19.9 Å². The summed E-state index contributed by atoms with van der Waals surface area (Å²) in [6, 6.07) is 1.76. The minimum Gasteiger partial charge on any atom is -0.339 e. The molecule has 6 heteroatoms. The lowest BCUT2D eigenvalue weighted by Crippen LogP contribution is -2.02. The molecule has 0 bridgehead atoms. The number of hydrogen-bond acceptors (Lipinski definition) is 4. The highest BCUT2D eigenvalue weighted by Crippen LogP contribution is 2.24. The summed E-state index contributed by atoms with van der Waals surface area (Å²) >= 11 is 8.66. The Morgan fingerprint density at radius 2 is 1.94 bits per heavy atom. The van der Waals surface area contributed by atoms with E-state index in [9.17, 15) is 0 Å². The third-order valence-electron chi connectivity index (χ3n) is 2.25. The SMILES string of the molecule is CC(C)c1[nH]c(-c2ncccn2)nc(=S)c1Br. The van der Waals surface area contributed by atoms with Gasteiger partial charge in [0.05, 0.1) is 4.47 Å². The van der Waals surface area contributed by atoms with Gasteiger partial charge in [-0.25, -0.2) is 15.0 Å². The van der Waals surface area contributed by atoms with Crippen LogP contribution < -0.4 is 0 Å². The van der Waals surface area contributed by atoms with Gasteiger partial charge in [-0.1, -0.05) is 26.1 Å². The van der Waals surface area contributed by atoms with Gasteiger partial charge in [0.2, 0.25) is 0 Å². The zero-order valence-electron chi connectivity index (χ0n) is 9.44. The number of aromatic nitrogens is 4. The normalized spacial score (nSPS) is 10.8. The molecule has 0 atom stereocenters. The number of halogens is 1. The average Bonchev–Trinajstić information content (AvgIpc) is 2.33. The van der Waals surface area contributed by atoms with E-state index >= 15 is 0 Å². The van der Waals surface area contributed by atoms with Crippen LogP contribution >= 0.6 is 28.1 Å². The third kappa shape index (κ3) is 2.58. The highest BCUT2D eigenvalue weighted by Gasteiger charge is 2.11. The number of H-pyrrole nitrogens is 1. The Kier molecular flexibility index (Phi) is 3.63. The fraction of sp³-hybridized carbons (Fsp3) is 0.273. The van der Waals surface area contributed by atoms with E-state index in [0.717, 1.165) is 10.2 Å². The van der Waals surface area contributed by atoms with Crippen LogP contribution in [0.1, 0.15) is 25.5 Å². The van der Waals surface area contributed by atoms with Gasteiger partial charge in [-0.05, 0) is 27.9 Å². The van der Waals surface area contributed by atoms with Crippen molar-refractivity contribution in [2.24, 2.45) is 0 Å². The lowest BCUT2D eigenvalue weighted by atomic mass is 10.1. The highest BCUT2D eigenvalue weighted by atomic mass is 79.9. The maximum Gasteiger partial charge on any atom is 0.195 e. The molecule has 1 N–H and O–H groups in total. The Bertz CT molecular complexity index is 580. The topological polar surface area (TPSA) is 54.5 Å². The quantitative estimate of drug-likeness (QED) is 0.863. The molecule has 4 nitrogen and oxygen atoms in total. The molecule has 0 fully saturated rings. The second kappa shape index (κ2) is 5.01. The first-order chi connectivity index (χ1) is 8.09. The van der Waals surface area contributed by atoms with E-state index in [4.69, 9.17) is 12.2 Å². The van der Waals surface area contributed by atoms with Crippen molar-refractivity contribution < 1.29 is 0 Å². The summed E-state index contributed by atoms with van der Waals surface area (Å²) in [4.78, 5) is 15.8. The van der Waals surface area contributed by atoms with Gasteiger partial charge in [0, 0.05) is 18.1 Å². The Hall–Kier alpha value is -1.14. The van der Waals surface area contributed by atoms with E-state index in [1.165, 1.54) is 0 Å². The molecule has 0 spiro atoms. The number of nitrogens with zero attached hydrogens (tertiary/aromatic N) is 3. The Morgan fingerprint density at radius 1 is 1.29 bits per heavy atom. The molecule has 88 valence electrons. The van der Waals surface area contributed by atoms with Crippen LogP contribution in [0.25, 0.3) is 11.6 Å². The second-order valence-electron chi connectivity index (χ2n) is 3.85. The summed E-state index contributed by atoms with van der Waals surface area (Å²) < 4.78 is 1.36. The van der Waals surface area contributed by atoms with Crippen molar-refractivity contribution in [3.8, 4) is 11.6 Å². The van der Waals surface area contributed by atoms with Crippen LogP contribution in [0.2, 0.25) is 0 Å². The summed E-state index contributed by atoms with van der Waals surface area (Å²) in [6.45, 7) is 4.17. The molecule has 2 aromatic rings. The third-order valence-corrected chi connectivity index (χ3v) is 3.61. The number of aromatic amines is 1. The molecule has 17 heavy (non-hydrogen) atoms. The van der Waals surface area contributed by atoms with Crippen LogP contribution in [0.4, 0.5) is 0 Å². The van der Waals surface area contributed by atoms with Gasteiger partial charge >= 0.3 is 0 Å². The smallest absolute Gasteiger partial charge is 0.195 e.